The average molecular weight is 271 g/mol. The molecule has 1 aromatic carbocycles. The maximum atomic E-state index is 5.33. The van der Waals surface area contributed by atoms with Crippen molar-refractivity contribution in [2.24, 2.45) is 5.41 Å². The van der Waals surface area contributed by atoms with Crippen molar-refractivity contribution < 1.29 is 4.52 Å². The van der Waals surface area contributed by atoms with E-state index >= 15 is 0 Å². The Hall–Kier alpha value is -1.68. The summed E-state index contributed by atoms with van der Waals surface area (Å²) < 4.78 is 5.33. The highest BCUT2D eigenvalue weighted by Crippen LogP contribution is 2.25. The van der Waals surface area contributed by atoms with E-state index in [0.29, 0.717) is 17.6 Å². The molecule has 0 bridgehead atoms. The van der Waals surface area contributed by atoms with Crippen molar-refractivity contribution in [2.45, 2.75) is 33.1 Å². The van der Waals surface area contributed by atoms with E-state index in [1.54, 1.807) is 0 Å². The second-order valence-corrected chi connectivity index (χ2v) is 6.73. The number of nitrogens with zero attached hydrogens (tertiary/aromatic N) is 2. The minimum absolute atomic E-state index is 0.158. The second-order valence-electron chi connectivity index (χ2n) is 6.73. The Kier molecular flexibility index (Phi) is 3.34. The van der Waals surface area contributed by atoms with Crippen molar-refractivity contribution in [3.8, 4) is 11.4 Å². The van der Waals surface area contributed by atoms with E-state index in [1.165, 1.54) is 5.56 Å². The molecule has 106 valence electrons. The van der Waals surface area contributed by atoms with Crippen LogP contribution < -0.4 is 5.32 Å². The fourth-order valence-corrected chi connectivity index (χ4v) is 2.33. The summed E-state index contributed by atoms with van der Waals surface area (Å²) >= 11 is 0. The monoisotopic (exact) mass is 271 g/mol. The molecule has 1 aliphatic rings. The molecule has 0 amide bonds. The normalized spacial score (nSPS) is 16.1. The molecule has 1 aromatic heterocycles. The highest BCUT2D eigenvalue weighted by molar-refractivity contribution is 5.55. The second kappa shape index (κ2) is 5.02. The van der Waals surface area contributed by atoms with Gasteiger partial charge in [-0.25, -0.2) is 0 Å². The molecule has 2 heterocycles. The Labute approximate surface area is 119 Å². The van der Waals surface area contributed by atoms with Crippen molar-refractivity contribution in [2.75, 3.05) is 13.1 Å². The number of rotatable bonds is 3. The lowest BCUT2D eigenvalue weighted by atomic mass is 9.92. The average Bonchev–Trinajstić information content (AvgIpc) is 2.74. The predicted octanol–water partition coefficient (Wildman–Crippen LogP) is 3.01. The molecule has 0 saturated carbocycles. The Morgan fingerprint density at radius 3 is 2.45 bits per heavy atom. The summed E-state index contributed by atoms with van der Waals surface area (Å²) in [4.78, 5) is 4.48. The third-order valence-electron chi connectivity index (χ3n) is 3.57. The fraction of sp³-hybridized carbons (Fsp3) is 0.500. The van der Waals surface area contributed by atoms with Gasteiger partial charge in [0.1, 0.15) is 0 Å². The van der Waals surface area contributed by atoms with Gasteiger partial charge in [-0.15, -0.1) is 0 Å². The lowest BCUT2D eigenvalue weighted by Crippen LogP contribution is -2.39. The van der Waals surface area contributed by atoms with E-state index in [2.05, 4.69) is 60.5 Å². The van der Waals surface area contributed by atoms with Crippen LogP contribution in [-0.4, -0.2) is 23.2 Å². The summed E-state index contributed by atoms with van der Waals surface area (Å²) in [5, 5.41) is 7.37. The third kappa shape index (κ3) is 2.90. The molecule has 1 N–H and O–H groups in total. The van der Waals surface area contributed by atoms with Crippen molar-refractivity contribution in [3.05, 3.63) is 35.7 Å². The van der Waals surface area contributed by atoms with Crippen LogP contribution in [0.4, 0.5) is 0 Å². The van der Waals surface area contributed by atoms with Crippen LogP contribution in [0.3, 0.4) is 0 Å². The molecular weight excluding hydrogens is 250 g/mol. The highest BCUT2D eigenvalue weighted by atomic mass is 16.5. The van der Waals surface area contributed by atoms with Gasteiger partial charge in [0.25, 0.3) is 0 Å². The van der Waals surface area contributed by atoms with Gasteiger partial charge in [-0.05, 0) is 11.0 Å². The molecule has 0 spiro atoms. The van der Waals surface area contributed by atoms with E-state index < -0.39 is 0 Å². The largest absolute Gasteiger partial charge is 0.339 e. The number of nitrogens with one attached hydrogen (secondary N) is 1. The zero-order chi connectivity index (χ0) is 14.2. The molecule has 0 unspecified atom stereocenters. The van der Waals surface area contributed by atoms with Crippen LogP contribution in [0.5, 0.6) is 0 Å². The number of aromatic nitrogens is 2. The first-order valence-corrected chi connectivity index (χ1v) is 7.15. The molecule has 0 aliphatic carbocycles. The first-order valence-electron chi connectivity index (χ1n) is 7.15. The summed E-state index contributed by atoms with van der Waals surface area (Å²) in [6, 6.07) is 8.50. The summed E-state index contributed by atoms with van der Waals surface area (Å²) in [7, 11) is 0. The molecule has 1 saturated heterocycles. The van der Waals surface area contributed by atoms with Crippen LogP contribution in [-0.2, 0) is 6.42 Å². The smallest absolute Gasteiger partial charge is 0.227 e. The van der Waals surface area contributed by atoms with Crippen LogP contribution in [0, 0.1) is 5.41 Å². The molecule has 20 heavy (non-hydrogen) atoms. The zero-order valence-electron chi connectivity index (χ0n) is 12.3. The Balaban J connectivity index is 1.75. The number of benzene rings is 1. The molecule has 0 radical (unpaired) electrons. The quantitative estimate of drug-likeness (QED) is 0.932. The molecule has 2 aromatic rings. The van der Waals surface area contributed by atoms with Crippen LogP contribution >= 0.6 is 0 Å². The van der Waals surface area contributed by atoms with Gasteiger partial charge in [0.2, 0.25) is 11.7 Å². The van der Waals surface area contributed by atoms with Gasteiger partial charge in [-0.1, -0.05) is 50.2 Å². The standard InChI is InChI=1S/C16H21N3O/c1-16(2,3)8-14-18-15(19-20-14)12-6-4-11(5-7-12)13-9-17-10-13/h4-7,13,17H,8-10H2,1-3H3. The topological polar surface area (TPSA) is 51.0 Å². The minimum Gasteiger partial charge on any atom is -0.339 e. The minimum atomic E-state index is 0.158. The molecule has 4 heteroatoms. The Bertz CT molecular complexity index is 577. The van der Waals surface area contributed by atoms with Crippen molar-refractivity contribution >= 4 is 0 Å². The van der Waals surface area contributed by atoms with E-state index in [0.717, 1.165) is 25.1 Å². The highest BCUT2D eigenvalue weighted by Gasteiger charge is 2.20. The molecular formula is C16H21N3O. The van der Waals surface area contributed by atoms with Crippen molar-refractivity contribution in [1.29, 1.82) is 0 Å². The van der Waals surface area contributed by atoms with Gasteiger partial charge < -0.3 is 9.84 Å². The predicted molar refractivity (Wildman–Crippen MR) is 78.5 cm³/mol. The van der Waals surface area contributed by atoms with Crippen molar-refractivity contribution in [3.63, 3.8) is 0 Å². The lowest BCUT2D eigenvalue weighted by molar-refractivity contribution is 0.314. The maximum absolute atomic E-state index is 5.33. The Morgan fingerprint density at radius 2 is 1.90 bits per heavy atom. The molecule has 0 atom stereocenters. The van der Waals surface area contributed by atoms with Gasteiger partial charge in [0.15, 0.2) is 0 Å². The van der Waals surface area contributed by atoms with E-state index in [-0.39, 0.29) is 5.41 Å². The first-order chi connectivity index (χ1) is 9.51. The fourth-order valence-electron chi connectivity index (χ4n) is 2.33. The molecule has 3 rings (SSSR count). The number of hydrogen-bond donors (Lipinski definition) is 1. The third-order valence-corrected chi connectivity index (χ3v) is 3.57. The molecule has 1 fully saturated rings. The van der Waals surface area contributed by atoms with E-state index in [1.807, 2.05) is 0 Å². The van der Waals surface area contributed by atoms with Gasteiger partial charge in [0, 0.05) is 31.0 Å². The summed E-state index contributed by atoms with van der Waals surface area (Å²) in [6.45, 7) is 8.66. The van der Waals surface area contributed by atoms with Gasteiger partial charge in [0.05, 0.1) is 0 Å². The first kappa shape index (κ1) is 13.3. The van der Waals surface area contributed by atoms with Gasteiger partial charge in [-0.3, -0.25) is 0 Å². The van der Waals surface area contributed by atoms with Crippen LogP contribution in [0.2, 0.25) is 0 Å². The van der Waals surface area contributed by atoms with Crippen molar-refractivity contribution in [1.82, 2.24) is 15.5 Å². The molecule has 1 aliphatic heterocycles. The molecule has 4 nitrogen and oxygen atoms in total. The lowest BCUT2D eigenvalue weighted by Gasteiger charge is -2.27. The zero-order valence-corrected chi connectivity index (χ0v) is 12.3. The summed E-state index contributed by atoms with van der Waals surface area (Å²) in [5.41, 5.74) is 2.56. The van der Waals surface area contributed by atoms with Gasteiger partial charge >= 0.3 is 0 Å². The summed E-state index contributed by atoms with van der Waals surface area (Å²) in [6.07, 6.45) is 0.797. The number of hydrogen-bond acceptors (Lipinski definition) is 4. The van der Waals surface area contributed by atoms with Crippen LogP contribution in [0.1, 0.15) is 38.1 Å². The SMILES string of the molecule is CC(C)(C)Cc1nc(-c2ccc(C3CNC3)cc2)no1. The van der Waals surface area contributed by atoms with E-state index in [4.69, 9.17) is 4.52 Å². The maximum Gasteiger partial charge on any atom is 0.227 e. The van der Waals surface area contributed by atoms with Gasteiger partial charge in [-0.2, -0.15) is 4.98 Å². The Morgan fingerprint density at radius 1 is 1.20 bits per heavy atom. The summed E-state index contributed by atoms with van der Waals surface area (Å²) in [5.74, 6) is 2.05. The van der Waals surface area contributed by atoms with E-state index in [9.17, 15) is 0 Å². The van der Waals surface area contributed by atoms with Crippen LogP contribution in [0.25, 0.3) is 11.4 Å². The van der Waals surface area contributed by atoms with Crippen LogP contribution in [0.15, 0.2) is 28.8 Å².